The average Bonchev–Trinajstić information content (AvgIpc) is 2.67. The van der Waals surface area contributed by atoms with E-state index in [0.717, 1.165) is 0 Å². The molecule has 2 N–H and O–H groups in total. The monoisotopic (exact) mass is 258 g/mol. The fourth-order valence-corrected chi connectivity index (χ4v) is 1.77. The second-order valence-electron chi connectivity index (χ2n) is 3.03. The molecule has 2 rings (SSSR count). The first-order valence-electron chi connectivity index (χ1n) is 4.36. The summed E-state index contributed by atoms with van der Waals surface area (Å²) in [6, 6.07) is 3.33. The zero-order valence-electron chi connectivity index (χ0n) is 8.33. The molecule has 16 heavy (non-hydrogen) atoms. The Morgan fingerprint density at radius 1 is 1.31 bits per heavy atom. The summed E-state index contributed by atoms with van der Waals surface area (Å²) in [6.45, 7) is 0. The van der Waals surface area contributed by atoms with Crippen LogP contribution in [0.3, 0.4) is 0 Å². The second kappa shape index (κ2) is 4.23. The van der Waals surface area contributed by atoms with Gasteiger partial charge in [-0.25, -0.2) is 4.98 Å². The molecule has 0 aliphatic rings. The van der Waals surface area contributed by atoms with E-state index in [2.05, 4.69) is 4.98 Å². The molecule has 0 saturated carbocycles. The highest BCUT2D eigenvalue weighted by molar-refractivity contribution is 6.36. The van der Waals surface area contributed by atoms with Gasteiger partial charge < -0.3 is 14.9 Å². The van der Waals surface area contributed by atoms with Crippen molar-refractivity contribution in [3.63, 3.8) is 0 Å². The lowest BCUT2D eigenvalue weighted by Crippen LogP contribution is -1.86. The number of oxazole rings is 1. The van der Waals surface area contributed by atoms with Crippen LogP contribution < -0.4 is 10.5 Å². The molecule has 1 aromatic carbocycles. The Morgan fingerprint density at radius 2 is 2.06 bits per heavy atom. The van der Waals surface area contributed by atoms with E-state index in [1.54, 1.807) is 12.1 Å². The third-order valence-electron chi connectivity index (χ3n) is 2.03. The van der Waals surface area contributed by atoms with E-state index in [-0.39, 0.29) is 6.01 Å². The van der Waals surface area contributed by atoms with Crippen LogP contribution >= 0.6 is 23.2 Å². The summed E-state index contributed by atoms with van der Waals surface area (Å²) in [7, 11) is 1.52. The molecule has 0 fully saturated rings. The third kappa shape index (κ3) is 1.94. The topological polar surface area (TPSA) is 61.3 Å². The SMILES string of the molecule is COc1cc(Cl)c(-c2cnc(N)o2)cc1Cl. The van der Waals surface area contributed by atoms with Crippen molar-refractivity contribution in [1.82, 2.24) is 4.98 Å². The summed E-state index contributed by atoms with van der Waals surface area (Å²) in [5.41, 5.74) is 6.00. The number of ether oxygens (including phenoxy) is 1. The molecule has 84 valence electrons. The average molecular weight is 259 g/mol. The summed E-state index contributed by atoms with van der Waals surface area (Å²) in [5, 5.41) is 0.897. The Morgan fingerprint density at radius 3 is 2.62 bits per heavy atom. The Hall–Kier alpha value is -1.39. The van der Waals surface area contributed by atoms with Crippen molar-refractivity contribution in [2.45, 2.75) is 0 Å². The molecule has 0 aliphatic carbocycles. The van der Waals surface area contributed by atoms with Crippen molar-refractivity contribution in [2.75, 3.05) is 12.8 Å². The van der Waals surface area contributed by atoms with Crippen molar-refractivity contribution >= 4 is 29.2 Å². The predicted molar refractivity (Wildman–Crippen MR) is 62.9 cm³/mol. The van der Waals surface area contributed by atoms with E-state index < -0.39 is 0 Å². The van der Waals surface area contributed by atoms with E-state index in [4.69, 9.17) is 38.1 Å². The number of aromatic nitrogens is 1. The largest absolute Gasteiger partial charge is 0.495 e. The van der Waals surface area contributed by atoms with E-state index in [0.29, 0.717) is 27.1 Å². The summed E-state index contributed by atoms with van der Waals surface area (Å²) in [6.07, 6.45) is 1.49. The van der Waals surface area contributed by atoms with E-state index in [1.807, 2.05) is 0 Å². The number of nitrogen functional groups attached to an aromatic ring is 1. The van der Waals surface area contributed by atoms with Crippen LogP contribution in [0.2, 0.25) is 10.0 Å². The zero-order chi connectivity index (χ0) is 11.7. The minimum absolute atomic E-state index is 0.0815. The molecule has 1 heterocycles. The Balaban J connectivity index is 2.54. The molecular formula is C10H8Cl2N2O2. The highest BCUT2D eigenvalue weighted by Crippen LogP contribution is 2.36. The number of halogens is 2. The molecule has 0 unspecified atom stereocenters. The predicted octanol–water partition coefficient (Wildman–Crippen LogP) is 3.24. The lowest BCUT2D eigenvalue weighted by Gasteiger charge is -2.06. The summed E-state index contributed by atoms with van der Waals surface area (Å²) >= 11 is 12.0. The van der Waals surface area contributed by atoms with Gasteiger partial charge in [-0.15, -0.1) is 0 Å². The molecular weight excluding hydrogens is 251 g/mol. The lowest BCUT2D eigenvalue weighted by molar-refractivity contribution is 0.415. The Kier molecular flexibility index (Phi) is 2.94. The minimum atomic E-state index is 0.0815. The van der Waals surface area contributed by atoms with Gasteiger partial charge in [0.2, 0.25) is 0 Å². The van der Waals surface area contributed by atoms with Crippen molar-refractivity contribution < 1.29 is 9.15 Å². The lowest BCUT2D eigenvalue weighted by atomic mass is 10.2. The number of hydrogen-bond donors (Lipinski definition) is 1. The van der Waals surface area contributed by atoms with Gasteiger partial charge in [0.25, 0.3) is 6.01 Å². The Labute approximate surface area is 102 Å². The molecule has 6 heteroatoms. The standard InChI is InChI=1S/C10H8Cl2N2O2/c1-15-8-3-6(11)5(2-7(8)12)9-4-14-10(13)16-9/h2-4H,1H3,(H2,13,14). The smallest absolute Gasteiger partial charge is 0.292 e. The van der Waals surface area contributed by atoms with E-state index in [9.17, 15) is 0 Å². The normalized spacial score (nSPS) is 10.4. The molecule has 4 nitrogen and oxygen atoms in total. The quantitative estimate of drug-likeness (QED) is 0.899. The summed E-state index contributed by atoms with van der Waals surface area (Å²) < 4.78 is 10.2. The van der Waals surface area contributed by atoms with Gasteiger partial charge in [0.05, 0.1) is 23.4 Å². The summed E-state index contributed by atoms with van der Waals surface area (Å²) in [5.74, 6) is 0.968. The first-order chi connectivity index (χ1) is 7.61. The van der Waals surface area contributed by atoms with Gasteiger partial charge in [-0.05, 0) is 6.07 Å². The number of methoxy groups -OCH3 is 1. The number of hydrogen-bond acceptors (Lipinski definition) is 4. The number of rotatable bonds is 2. The third-order valence-corrected chi connectivity index (χ3v) is 2.64. The highest BCUT2D eigenvalue weighted by atomic mass is 35.5. The summed E-state index contributed by atoms with van der Waals surface area (Å²) in [4.78, 5) is 3.78. The van der Waals surface area contributed by atoms with Gasteiger partial charge in [0, 0.05) is 11.6 Å². The minimum Gasteiger partial charge on any atom is -0.495 e. The van der Waals surface area contributed by atoms with Crippen molar-refractivity contribution in [1.29, 1.82) is 0 Å². The molecule has 0 amide bonds. The van der Waals surface area contributed by atoms with E-state index >= 15 is 0 Å². The van der Waals surface area contributed by atoms with Crippen molar-refractivity contribution in [3.05, 3.63) is 28.4 Å². The van der Waals surface area contributed by atoms with E-state index in [1.165, 1.54) is 13.3 Å². The van der Waals surface area contributed by atoms with Crippen LogP contribution in [0, 0.1) is 0 Å². The zero-order valence-corrected chi connectivity index (χ0v) is 9.84. The van der Waals surface area contributed by atoms with Crippen molar-refractivity contribution in [3.8, 4) is 17.1 Å². The first-order valence-corrected chi connectivity index (χ1v) is 5.12. The fourth-order valence-electron chi connectivity index (χ4n) is 1.29. The van der Waals surface area contributed by atoms with Crippen LogP contribution in [0.15, 0.2) is 22.7 Å². The maximum absolute atomic E-state index is 6.06. The van der Waals surface area contributed by atoms with Gasteiger partial charge in [-0.1, -0.05) is 23.2 Å². The molecule has 0 radical (unpaired) electrons. The van der Waals surface area contributed by atoms with Crippen LogP contribution in [-0.2, 0) is 0 Å². The van der Waals surface area contributed by atoms with Crippen LogP contribution in [-0.4, -0.2) is 12.1 Å². The van der Waals surface area contributed by atoms with Crippen LogP contribution in [0.25, 0.3) is 11.3 Å². The fraction of sp³-hybridized carbons (Fsp3) is 0.100. The first kappa shape index (κ1) is 11.1. The molecule has 0 bridgehead atoms. The van der Waals surface area contributed by atoms with Crippen LogP contribution in [0.1, 0.15) is 0 Å². The number of nitrogens with zero attached hydrogens (tertiary/aromatic N) is 1. The van der Waals surface area contributed by atoms with Crippen LogP contribution in [0.5, 0.6) is 5.75 Å². The van der Waals surface area contributed by atoms with Crippen LogP contribution in [0.4, 0.5) is 6.01 Å². The van der Waals surface area contributed by atoms with Gasteiger partial charge in [-0.3, -0.25) is 0 Å². The van der Waals surface area contributed by atoms with Crippen molar-refractivity contribution in [2.24, 2.45) is 0 Å². The Bertz CT molecular complexity index is 526. The maximum Gasteiger partial charge on any atom is 0.292 e. The molecule has 0 aliphatic heterocycles. The number of benzene rings is 1. The van der Waals surface area contributed by atoms with Gasteiger partial charge in [0.1, 0.15) is 5.75 Å². The molecule has 0 spiro atoms. The maximum atomic E-state index is 6.06. The molecule has 0 atom stereocenters. The van der Waals surface area contributed by atoms with Gasteiger partial charge >= 0.3 is 0 Å². The van der Waals surface area contributed by atoms with Gasteiger partial charge in [-0.2, -0.15) is 0 Å². The molecule has 0 saturated heterocycles. The van der Waals surface area contributed by atoms with Gasteiger partial charge in [0.15, 0.2) is 5.76 Å². The molecule has 1 aromatic heterocycles. The number of nitrogens with two attached hydrogens (primary N) is 1. The molecule has 2 aromatic rings. The second-order valence-corrected chi connectivity index (χ2v) is 3.84. The highest BCUT2D eigenvalue weighted by Gasteiger charge is 2.12. The number of anilines is 1.